The number of hydrogen-bond donors (Lipinski definition) is 1. The Hall–Kier alpha value is -2.41. The molecule has 2 unspecified atom stereocenters. The van der Waals surface area contributed by atoms with Gasteiger partial charge in [-0.3, -0.25) is 9.59 Å². The van der Waals surface area contributed by atoms with Crippen LogP contribution < -0.4 is 0 Å². The first-order valence-electron chi connectivity index (χ1n) is 8.44. The first-order chi connectivity index (χ1) is 12.0. The standard InChI is InChI=1S/C18H22N2O5/c1-12(21)20-7-6-13-4-2-3-5-14(13)15(20)10-17(22)19-8-9-25-16(11-19)18(23)24/h2-5,15-16H,6-11H2,1H3,(H,23,24). The maximum atomic E-state index is 12.8. The molecule has 0 spiro atoms. The molecule has 134 valence electrons. The molecule has 7 heteroatoms. The summed E-state index contributed by atoms with van der Waals surface area (Å²) in [4.78, 5) is 39.1. The summed E-state index contributed by atoms with van der Waals surface area (Å²) in [5, 5.41) is 9.09. The molecule has 2 aliphatic heterocycles. The Labute approximate surface area is 146 Å². The number of carboxylic acid groups (broad SMARTS) is 1. The summed E-state index contributed by atoms with van der Waals surface area (Å²) in [6, 6.07) is 7.55. The number of aliphatic carboxylic acids is 1. The molecule has 2 amide bonds. The largest absolute Gasteiger partial charge is 0.479 e. The molecule has 0 aromatic heterocycles. The second-order valence-electron chi connectivity index (χ2n) is 6.42. The van der Waals surface area contributed by atoms with Gasteiger partial charge in [-0.1, -0.05) is 24.3 Å². The SMILES string of the molecule is CC(=O)N1CCc2ccccc2C1CC(=O)N1CCOC(C(=O)O)C1. The van der Waals surface area contributed by atoms with Crippen molar-refractivity contribution in [3.63, 3.8) is 0 Å². The summed E-state index contributed by atoms with van der Waals surface area (Å²) in [7, 11) is 0. The maximum absolute atomic E-state index is 12.8. The fraction of sp³-hybridized carbons (Fsp3) is 0.500. The van der Waals surface area contributed by atoms with Crippen LogP contribution in [0.15, 0.2) is 24.3 Å². The minimum Gasteiger partial charge on any atom is -0.479 e. The summed E-state index contributed by atoms with van der Waals surface area (Å²) in [6.45, 7) is 2.73. The molecule has 1 fully saturated rings. The van der Waals surface area contributed by atoms with Crippen LogP contribution in [0.5, 0.6) is 0 Å². The van der Waals surface area contributed by atoms with Gasteiger partial charge >= 0.3 is 5.97 Å². The van der Waals surface area contributed by atoms with Gasteiger partial charge in [0.25, 0.3) is 0 Å². The normalized spacial score (nSPS) is 23.1. The molecule has 2 aliphatic rings. The van der Waals surface area contributed by atoms with E-state index in [1.165, 1.54) is 11.8 Å². The van der Waals surface area contributed by atoms with E-state index < -0.39 is 12.1 Å². The minimum absolute atomic E-state index is 0.0443. The molecule has 0 bridgehead atoms. The Kier molecular flexibility index (Phi) is 5.03. The van der Waals surface area contributed by atoms with Crippen LogP contribution in [-0.4, -0.2) is 65.0 Å². The van der Waals surface area contributed by atoms with E-state index in [-0.39, 0.29) is 37.4 Å². The Morgan fingerprint density at radius 1 is 1.24 bits per heavy atom. The average molecular weight is 346 g/mol. The number of hydrogen-bond acceptors (Lipinski definition) is 4. The Bertz CT molecular complexity index is 690. The predicted molar refractivity (Wildman–Crippen MR) is 88.8 cm³/mol. The molecule has 7 nitrogen and oxygen atoms in total. The van der Waals surface area contributed by atoms with E-state index in [1.54, 1.807) is 4.90 Å². The highest BCUT2D eigenvalue weighted by atomic mass is 16.5. The van der Waals surface area contributed by atoms with Gasteiger partial charge in [-0.05, 0) is 17.5 Å². The van der Waals surface area contributed by atoms with E-state index in [9.17, 15) is 14.4 Å². The van der Waals surface area contributed by atoms with Crippen LogP contribution in [0.2, 0.25) is 0 Å². The fourth-order valence-corrected chi connectivity index (χ4v) is 3.57. The molecule has 3 rings (SSSR count). The molecule has 2 heterocycles. The summed E-state index contributed by atoms with van der Waals surface area (Å²) >= 11 is 0. The summed E-state index contributed by atoms with van der Waals surface area (Å²) in [5.74, 6) is -1.27. The van der Waals surface area contributed by atoms with E-state index >= 15 is 0 Å². The van der Waals surface area contributed by atoms with Crippen molar-refractivity contribution in [1.29, 1.82) is 0 Å². The third-order valence-electron chi connectivity index (χ3n) is 4.88. The molecule has 2 atom stereocenters. The predicted octanol–water partition coefficient (Wildman–Crippen LogP) is 0.834. The number of nitrogens with zero attached hydrogens (tertiary/aromatic N) is 2. The number of ether oxygens (including phenoxy) is 1. The van der Waals surface area contributed by atoms with Crippen molar-refractivity contribution < 1.29 is 24.2 Å². The van der Waals surface area contributed by atoms with Gasteiger partial charge in [0.2, 0.25) is 11.8 Å². The van der Waals surface area contributed by atoms with Crippen molar-refractivity contribution in [3.8, 4) is 0 Å². The highest BCUT2D eigenvalue weighted by molar-refractivity contribution is 5.81. The van der Waals surface area contributed by atoms with Gasteiger partial charge in [0, 0.05) is 20.0 Å². The van der Waals surface area contributed by atoms with E-state index in [4.69, 9.17) is 9.84 Å². The van der Waals surface area contributed by atoms with Crippen LogP contribution in [0.3, 0.4) is 0 Å². The van der Waals surface area contributed by atoms with E-state index in [2.05, 4.69) is 0 Å². The van der Waals surface area contributed by atoms with Gasteiger partial charge in [-0.15, -0.1) is 0 Å². The molecular formula is C18H22N2O5. The summed E-state index contributed by atoms with van der Waals surface area (Å²) in [6.07, 6.45) is -0.0533. The molecule has 0 saturated carbocycles. The van der Waals surface area contributed by atoms with Crippen molar-refractivity contribution in [1.82, 2.24) is 9.80 Å². The second-order valence-corrected chi connectivity index (χ2v) is 6.42. The van der Waals surface area contributed by atoms with Crippen LogP contribution in [0.4, 0.5) is 0 Å². The smallest absolute Gasteiger partial charge is 0.334 e. The van der Waals surface area contributed by atoms with Gasteiger partial charge < -0.3 is 19.6 Å². The van der Waals surface area contributed by atoms with E-state index in [1.807, 2.05) is 24.3 Å². The number of carboxylic acids is 1. The summed E-state index contributed by atoms with van der Waals surface area (Å²) in [5.41, 5.74) is 2.16. The third kappa shape index (κ3) is 3.66. The van der Waals surface area contributed by atoms with Crippen LogP contribution in [-0.2, 0) is 25.5 Å². The van der Waals surface area contributed by atoms with Gasteiger partial charge in [0.05, 0.1) is 25.6 Å². The van der Waals surface area contributed by atoms with Gasteiger partial charge in [-0.25, -0.2) is 4.79 Å². The fourth-order valence-electron chi connectivity index (χ4n) is 3.57. The lowest BCUT2D eigenvalue weighted by Gasteiger charge is -2.38. The number of carbonyl (C=O) groups is 3. The number of amides is 2. The lowest BCUT2D eigenvalue weighted by molar-refractivity contribution is -0.159. The van der Waals surface area contributed by atoms with Crippen molar-refractivity contribution in [2.24, 2.45) is 0 Å². The van der Waals surface area contributed by atoms with Gasteiger partial charge in [0.1, 0.15) is 0 Å². The maximum Gasteiger partial charge on any atom is 0.334 e. The lowest BCUT2D eigenvalue weighted by atomic mass is 9.90. The van der Waals surface area contributed by atoms with Crippen LogP contribution >= 0.6 is 0 Å². The zero-order chi connectivity index (χ0) is 18.0. The van der Waals surface area contributed by atoms with Crippen molar-refractivity contribution in [2.45, 2.75) is 31.9 Å². The molecule has 1 aromatic rings. The van der Waals surface area contributed by atoms with Crippen LogP contribution in [0.1, 0.15) is 30.5 Å². The number of carbonyl (C=O) groups excluding carboxylic acids is 2. The Morgan fingerprint density at radius 2 is 2.00 bits per heavy atom. The molecular weight excluding hydrogens is 324 g/mol. The minimum atomic E-state index is -1.06. The van der Waals surface area contributed by atoms with Crippen LogP contribution in [0, 0.1) is 0 Å². The van der Waals surface area contributed by atoms with Crippen molar-refractivity contribution >= 4 is 17.8 Å². The number of benzene rings is 1. The van der Waals surface area contributed by atoms with Crippen molar-refractivity contribution in [3.05, 3.63) is 35.4 Å². The zero-order valence-corrected chi connectivity index (χ0v) is 14.2. The first-order valence-corrected chi connectivity index (χ1v) is 8.44. The van der Waals surface area contributed by atoms with E-state index in [0.29, 0.717) is 13.1 Å². The zero-order valence-electron chi connectivity index (χ0n) is 14.2. The highest BCUT2D eigenvalue weighted by Gasteiger charge is 2.34. The van der Waals surface area contributed by atoms with Crippen molar-refractivity contribution in [2.75, 3.05) is 26.2 Å². The molecule has 1 aromatic carbocycles. The summed E-state index contributed by atoms with van der Waals surface area (Å²) < 4.78 is 5.17. The topological polar surface area (TPSA) is 87.2 Å². The molecule has 1 saturated heterocycles. The molecule has 25 heavy (non-hydrogen) atoms. The highest BCUT2D eigenvalue weighted by Crippen LogP contribution is 2.33. The molecule has 0 radical (unpaired) electrons. The quantitative estimate of drug-likeness (QED) is 0.876. The van der Waals surface area contributed by atoms with E-state index in [0.717, 1.165) is 17.5 Å². The van der Waals surface area contributed by atoms with Gasteiger partial charge in [0.15, 0.2) is 6.10 Å². The monoisotopic (exact) mass is 346 g/mol. The number of rotatable bonds is 3. The second kappa shape index (κ2) is 7.23. The Balaban J connectivity index is 1.78. The number of fused-ring (bicyclic) bond motifs is 1. The average Bonchev–Trinajstić information content (AvgIpc) is 2.61. The third-order valence-corrected chi connectivity index (χ3v) is 4.88. The first kappa shape index (κ1) is 17.4. The van der Waals surface area contributed by atoms with Crippen LogP contribution in [0.25, 0.3) is 0 Å². The molecule has 1 N–H and O–H groups in total. The lowest BCUT2D eigenvalue weighted by Crippen LogP contribution is -2.50. The number of morpholine rings is 1. The Morgan fingerprint density at radius 3 is 2.72 bits per heavy atom. The van der Waals surface area contributed by atoms with Gasteiger partial charge in [-0.2, -0.15) is 0 Å². The molecule has 0 aliphatic carbocycles.